The Labute approximate surface area is 154 Å². The summed E-state index contributed by atoms with van der Waals surface area (Å²) in [7, 11) is 0. The number of carbonyl (C=O) groups is 1. The highest BCUT2D eigenvalue weighted by molar-refractivity contribution is 7.07. The summed E-state index contributed by atoms with van der Waals surface area (Å²) < 4.78 is 5.36. The molecule has 2 saturated heterocycles. The monoisotopic (exact) mass is 363 g/mol. The number of nitrogens with zero attached hydrogens (tertiary/aromatic N) is 2. The molecule has 138 valence electrons. The second-order valence-electron chi connectivity index (χ2n) is 7.68. The van der Waals surface area contributed by atoms with E-state index in [0.29, 0.717) is 37.0 Å². The Morgan fingerprint density at radius 2 is 2.16 bits per heavy atom. The lowest BCUT2D eigenvalue weighted by molar-refractivity contribution is -0.135. The number of piperidine rings is 1. The van der Waals surface area contributed by atoms with E-state index in [2.05, 4.69) is 27.0 Å². The number of nitrogens with one attached hydrogen (secondary N) is 1. The van der Waals surface area contributed by atoms with Crippen LogP contribution in [0, 0.1) is 5.41 Å². The summed E-state index contributed by atoms with van der Waals surface area (Å²) >= 11 is 1.76. The van der Waals surface area contributed by atoms with Crippen LogP contribution in [0.4, 0.5) is 0 Å². The summed E-state index contributed by atoms with van der Waals surface area (Å²) in [6.45, 7) is 7.04. The number of ether oxygens (including phenoxy) is 1. The number of hydrogen-bond acceptors (Lipinski definition) is 5. The van der Waals surface area contributed by atoms with Gasteiger partial charge >= 0.3 is 0 Å². The van der Waals surface area contributed by atoms with Crippen LogP contribution in [-0.4, -0.2) is 67.7 Å². The van der Waals surface area contributed by atoms with E-state index < -0.39 is 0 Å². The minimum Gasteiger partial charge on any atom is -0.378 e. The van der Waals surface area contributed by atoms with E-state index in [9.17, 15) is 4.79 Å². The lowest BCUT2D eigenvalue weighted by atomic mass is 9.93. The van der Waals surface area contributed by atoms with Gasteiger partial charge in [-0.25, -0.2) is 0 Å². The van der Waals surface area contributed by atoms with Crippen LogP contribution in [0.3, 0.4) is 0 Å². The van der Waals surface area contributed by atoms with Gasteiger partial charge in [-0.05, 0) is 60.2 Å². The Morgan fingerprint density at radius 3 is 2.88 bits per heavy atom. The molecular formula is C19H29N3O2S. The molecule has 1 unspecified atom stereocenters. The maximum atomic E-state index is 12.6. The fraction of sp³-hybridized carbons (Fsp3) is 0.737. The van der Waals surface area contributed by atoms with Gasteiger partial charge in [-0.15, -0.1) is 0 Å². The van der Waals surface area contributed by atoms with Crippen molar-refractivity contribution in [3.63, 3.8) is 0 Å². The zero-order chi connectivity index (χ0) is 17.1. The third-order valence-electron chi connectivity index (χ3n) is 6.13. The van der Waals surface area contributed by atoms with Crippen molar-refractivity contribution in [3.8, 4) is 0 Å². The van der Waals surface area contributed by atoms with Crippen molar-refractivity contribution in [3.05, 3.63) is 22.4 Å². The molecular weight excluding hydrogens is 334 g/mol. The van der Waals surface area contributed by atoms with Gasteiger partial charge in [0.05, 0.1) is 13.2 Å². The van der Waals surface area contributed by atoms with E-state index in [1.54, 1.807) is 11.3 Å². The summed E-state index contributed by atoms with van der Waals surface area (Å²) in [5, 5.41) is 7.89. The highest BCUT2D eigenvalue weighted by atomic mass is 32.1. The van der Waals surface area contributed by atoms with E-state index in [0.717, 1.165) is 39.3 Å². The SMILES string of the molecule is O=C(CCN(Cc1ccsc1)C1CC12CCNCC2)N1CCOCC1. The zero-order valence-electron chi connectivity index (χ0n) is 14.9. The smallest absolute Gasteiger partial charge is 0.224 e. The van der Waals surface area contributed by atoms with Gasteiger partial charge in [0.1, 0.15) is 0 Å². The van der Waals surface area contributed by atoms with Crippen LogP contribution >= 0.6 is 11.3 Å². The van der Waals surface area contributed by atoms with Gasteiger partial charge in [0.25, 0.3) is 0 Å². The van der Waals surface area contributed by atoms with Crippen LogP contribution in [0.15, 0.2) is 16.8 Å². The fourth-order valence-electron chi connectivity index (χ4n) is 4.48. The van der Waals surface area contributed by atoms with Gasteiger partial charge < -0.3 is 15.0 Å². The van der Waals surface area contributed by atoms with Gasteiger partial charge in [0.15, 0.2) is 0 Å². The Balaban J connectivity index is 1.36. The van der Waals surface area contributed by atoms with Gasteiger partial charge in [-0.3, -0.25) is 9.69 Å². The van der Waals surface area contributed by atoms with Crippen LogP contribution in [0.5, 0.6) is 0 Å². The molecule has 1 aromatic rings. The lowest BCUT2D eigenvalue weighted by Crippen LogP contribution is -2.42. The lowest BCUT2D eigenvalue weighted by Gasteiger charge is -2.31. The van der Waals surface area contributed by atoms with Gasteiger partial charge in [-0.2, -0.15) is 11.3 Å². The van der Waals surface area contributed by atoms with E-state index in [1.807, 2.05) is 4.90 Å². The standard InChI is InChI=1S/C19H29N3O2S/c23-18(21-8-10-24-11-9-21)1-7-22(14-16-2-12-25-15-16)17-13-19(17)3-5-20-6-4-19/h2,12,15,17,20H,1,3-11,13-14H2. The predicted molar refractivity (Wildman–Crippen MR) is 99.7 cm³/mol. The molecule has 1 aromatic heterocycles. The molecule has 0 aromatic carbocycles. The molecule has 3 fully saturated rings. The number of carbonyl (C=O) groups excluding carboxylic acids is 1. The van der Waals surface area contributed by atoms with Crippen molar-refractivity contribution in [2.24, 2.45) is 5.41 Å². The largest absolute Gasteiger partial charge is 0.378 e. The molecule has 0 bridgehead atoms. The number of thiophene rings is 1. The Hall–Kier alpha value is -0.950. The summed E-state index contributed by atoms with van der Waals surface area (Å²) in [4.78, 5) is 17.1. The highest BCUT2D eigenvalue weighted by Gasteiger charge is 2.56. The molecule has 2 aliphatic heterocycles. The van der Waals surface area contributed by atoms with Gasteiger partial charge in [-0.1, -0.05) is 0 Å². The number of rotatable bonds is 6. The number of hydrogen-bond donors (Lipinski definition) is 1. The van der Waals surface area contributed by atoms with Crippen molar-refractivity contribution in [2.45, 2.75) is 38.3 Å². The molecule has 1 saturated carbocycles. The van der Waals surface area contributed by atoms with Gasteiger partial charge in [0.2, 0.25) is 5.91 Å². The second-order valence-corrected chi connectivity index (χ2v) is 8.46. The molecule has 4 rings (SSSR count). The number of amides is 1. The average molecular weight is 364 g/mol. The number of morpholine rings is 1. The van der Waals surface area contributed by atoms with Crippen molar-refractivity contribution in [1.82, 2.24) is 15.1 Å². The summed E-state index contributed by atoms with van der Waals surface area (Å²) in [5.41, 5.74) is 1.91. The van der Waals surface area contributed by atoms with Crippen molar-refractivity contribution in [2.75, 3.05) is 45.9 Å². The van der Waals surface area contributed by atoms with Crippen molar-refractivity contribution in [1.29, 1.82) is 0 Å². The average Bonchev–Trinajstić information content (AvgIpc) is 3.09. The molecule has 3 aliphatic rings. The van der Waals surface area contributed by atoms with Crippen LogP contribution in [0.1, 0.15) is 31.2 Å². The zero-order valence-corrected chi connectivity index (χ0v) is 15.7. The summed E-state index contributed by atoms with van der Waals surface area (Å²) in [5.74, 6) is 0.290. The molecule has 3 heterocycles. The van der Waals surface area contributed by atoms with Crippen LogP contribution < -0.4 is 5.32 Å². The second kappa shape index (κ2) is 7.74. The predicted octanol–water partition coefficient (Wildman–Crippen LogP) is 1.94. The van der Waals surface area contributed by atoms with E-state index >= 15 is 0 Å². The van der Waals surface area contributed by atoms with E-state index in [1.165, 1.54) is 24.8 Å². The molecule has 1 atom stereocenters. The summed E-state index contributed by atoms with van der Waals surface area (Å²) in [6.07, 6.45) is 4.52. The third kappa shape index (κ3) is 4.08. The minimum absolute atomic E-state index is 0.290. The molecule has 6 heteroatoms. The molecule has 1 aliphatic carbocycles. The maximum absolute atomic E-state index is 12.6. The maximum Gasteiger partial charge on any atom is 0.224 e. The Morgan fingerprint density at radius 1 is 1.36 bits per heavy atom. The molecule has 1 N–H and O–H groups in total. The highest BCUT2D eigenvalue weighted by Crippen LogP contribution is 2.56. The van der Waals surface area contributed by atoms with E-state index in [4.69, 9.17) is 4.74 Å². The van der Waals surface area contributed by atoms with Crippen LogP contribution in [-0.2, 0) is 16.1 Å². The topological polar surface area (TPSA) is 44.8 Å². The first-order chi connectivity index (χ1) is 12.3. The first-order valence-electron chi connectivity index (χ1n) is 9.58. The minimum atomic E-state index is 0.290. The summed E-state index contributed by atoms with van der Waals surface area (Å²) in [6, 6.07) is 2.88. The molecule has 1 spiro atoms. The Bertz CT molecular complexity index is 565. The van der Waals surface area contributed by atoms with Crippen molar-refractivity contribution < 1.29 is 9.53 Å². The molecule has 5 nitrogen and oxygen atoms in total. The first kappa shape index (κ1) is 17.5. The third-order valence-corrected chi connectivity index (χ3v) is 6.86. The molecule has 0 radical (unpaired) electrons. The normalized spacial score (nSPS) is 25.5. The van der Waals surface area contributed by atoms with Gasteiger partial charge in [0, 0.05) is 38.6 Å². The first-order valence-corrected chi connectivity index (χ1v) is 10.5. The fourth-order valence-corrected chi connectivity index (χ4v) is 5.14. The molecule has 1 amide bonds. The molecule has 25 heavy (non-hydrogen) atoms. The quantitative estimate of drug-likeness (QED) is 0.839. The van der Waals surface area contributed by atoms with Crippen LogP contribution in [0.2, 0.25) is 0 Å². The van der Waals surface area contributed by atoms with Crippen molar-refractivity contribution >= 4 is 17.2 Å². The van der Waals surface area contributed by atoms with Crippen LogP contribution in [0.25, 0.3) is 0 Å². The Kier molecular flexibility index (Phi) is 5.41. The van der Waals surface area contributed by atoms with E-state index in [-0.39, 0.29) is 0 Å².